The highest BCUT2D eigenvalue weighted by molar-refractivity contribution is 5.72. The maximum Gasteiger partial charge on any atom is 0.332 e. The Bertz CT molecular complexity index is 223. The lowest BCUT2D eigenvalue weighted by atomic mass is 10.2. The zero-order valence-corrected chi connectivity index (χ0v) is 10.5. The van der Waals surface area contributed by atoms with E-state index < -0.39 is 12.1 Å². The molecule has 1 aliphatic heterocycles. The van der Waals surface area contributed by atoms with E-state index in [2.05, 4.69) is 12.2 Å². The van der Waals surface area contributed by atoms with Crippen molar-refractivity contribution in [3.63, 3.8) is 0 Å². The second-order valence-corrected chi connectivity index (χ2v) is 4.33. The van der Waals surface area contributed by atoms with Crippen molar-refractivity contribution in [1.82, 2.24) is 5.32 Å². The van der Waals surface area contributed by atoms with Gasteiger partial charge in [-0.1, -0.05) is 6.92 Å². The summed E-state index contributed by atoms with van der Waals surface area (Å²) >= 11 is 0. The fourth-order valence-corrected chi connectivity index (χ4v) is 1.85. The van der Waals surface area contributed by atoms with Crippen molar-refractivity contribution in [2.45, 2.75) is 44.8 Å². The van der Waals surface area contributed by atoms with Gasteiger partial charge in [-0.25, -0.2) is 4.79 Å². The van der Waals surface area contributed by atoms with Crippen LogP contribution in [0.4, 0.5) is 0 Å². The molecule has 2 atom stereocenters. The lowest BCUT2D eigenvalue weighted by Crippen LogP contribution is -2.29. The summed E-state index contributed by atoms with van der Waals surface area (Å²) in [6.07, 6.45) is 2.94. The van der Waals surface area contributed by atoms with Gasteiger partial charge in [0, 0.05) is 19.8 Å². The van der Waals surface area contributed by atoms with E-state index in [1.54, 1.807) is 0 Å². The van der Waals surface area contributed by atoms with E-state index in [0.29, 0.717) is 6.42 Å². The van der Waals surface area contributed by atoms with Crippen molar-refractivity contribution in [3.05, 3.63) is 0 Å². The third-order valence-electron chi connectivity index (χ3n) is 2.75. The largest absolute Gasteiger partial charge is 0.479 e. The molecule has 0 amide bonds. The Hall–Kier alpha value is -0.650. The highest BCUT2D eigenvalue weighted by Gasteiger charge is 2.29. The number of aliphatic carboxylic acids is 1. The smallest absolute Gasteiger partial charge is 0.332 e. The van der Waals surface area contributed by atoms with Gasteiger partial charge in [0.25, 0.3) is 0 Å². The van der Waals surface area contributed by atoms with Crippen molar-refractivity contribution < 1.29 is 19.4 Å². The fourth-order valence-electron chi connectivity index (χ4n) is 1.85. The minimum absolute atomic E-state index is 0.0488. The molecular weight excluding hydrogens is 222 g/mol. The van der Waals surface area contributed by atoms with Crippen LogP contribution >= 0.6 is 0 Å². The Kier molecular flexibility index (Phi) is 7.16. The number of carboxylic acid groups (broad SMARTS) is 1. The minimum atomic E-state index is -0.847. The molecule has 2 unspecified atom stereocenters. The molecular formula is C12H23NO4. The molecule has 0 aromatic carbocycles. The molecule has 0 aliphatic carbocycles. The summed E-state index contributed by atoms with van der Waals surface area (Å²) in [6, 6.07) is 0. The molecule has 1 rings (SSSR count). The number of hydrogen-bond acceptors (Lipinski definition) is 4. The first-order chi connectivity index (χ1) is 8.24. The number of carbonyl (C=O) groups is 1. The van der Waals surface area contributed by atoms with Crippen LogP contribution in [-0.4, -0.2) is 49.6 Å². The number of rotatable bonds is 9. The van der Waals surface area contributed by atoms with E-state index in [4.69, 9.17) is 14.6 Å². The van der Waals surface area contributed by atoms with E-state index in [9.17, 15) is 4.79 Å². The molecule has 1 aliphatic rings. The van der Waals surface area contributed by atoms with E-state index in [-0.39, 0.29) is 6.10 Å². The summed E-state index contributed by atoms with van der Waals surface area (Å²) < 4.78 is 10.7. The molecule has 0 bridgehead atoms. The molecule has 5 nitrogen and oxygen atoms in total. The van der Waals surface area contributed by atoms with Gasteiger partial charge in [-0.05, 0) is 32.2 Å². The predicted octanol–water partition coefficient (Wildman–Crippen LogP) is 1.02. The van der Waals surface area contributed by atoms with Crippen LogP contribution in [0, 0.1) is 0 Å². The lowest BCUT2D eigenvalue weighted by molar-refractivity contribution is -0.149. The molecule has 5 heteroatoms. The zero-order chi connectivity index (χ0) is 12.5. The lowest BCUT2D eigenvalue weighted by Gasteiger charge is -2.12. The maximum atomic E-state index is 10.7. The van der Waals surface area contributed by atoms with Gasteiger partial charge < -0.3 is 19.9 Å². The Morgan fingerprint density at radius 1 is 1.47 bits per heavy atom. The van der Waals surface area contributed by atoms with E-state index >= 15 is 0 Å². The molecule has 1 fully saturated rings. The van der Waals surface area contributed by atoms with Crippen LogP contribution in [-0.2, 0) is 14.3 Å². The molecule has 100 valence electrons. The van der Waals surface area contributed by atoms with E-state index in [0.717, 1.165) is 45.6 Å². The van der Waals surface area contributed by atoms with Gasteiger partial charge in [0.05, 0.1) is 6.10 Å². The average molecular weight is 245 g/mol. The van der Waals surface area contributed by atoms with Crippen LogP contribution in [0.25, 0.3) is 0 Å². The average Bonchev–Trinajstić information content (AvgIpc) is 2.77. The van der Waals surface area contributed by atoms with Crippen molar-refractivity contribution in [1.29, 1.82) is 0 Å². The molecule has 0 radical (unpaired) electrons. The predicted molar refractivity (Wildman–Crippen MR) is 64.1 cm³/mol. The summed E-state index contributed by atoms with van der Waals surface area (Å²) in [5, 5.41) is 12.0. The molecule has 2 N–H and O–H groups in total. The summed E-state index contributed by atoms with van der Waals surface area (Å²) in [7, 11) is 0. The first-order valence-corrected chi connectivity index (χ1v) is 6.40. The molecule has 0 aromatic heterocycles. The first-order valence-electron chi connectivity index (χ1n) is 6.40. The normalized spacial score (nSPS) is 24.1. The topological polar surface area (TPSA) is 67.8 Å². The number of carboxylic acids is 1. The Morgan fingerprint density at radius 3 is 2.94 bits per heavy atom. The Labute approximate surface area is 102 Å². The molecule has 1 saturated heterocycles. The van der Waals surface area contributed by atoms with Crippen molar-refractivity contribution in [2.75, 3.05) is 26.3 Å². The van der Waals surface area contributed by atoms with Crippen LogP contribution in [0.1, 0.15) is 32.6 Å². The van der Waals surface area contributed by atoms with Crippen LogP contribution in [0.5, 0.6) is 0 Å². The van der Waals surface area contributed by atoms with Crippen LogP contribution < -0.4 is 5.32 Å². The fraction of sp³-hybridized carbons (Fsp3) is 0.917. The van der Waals surface area contributed by atoms with Crippen molar-refractivity contribution in [3.8, 4) is 0 Å². The molecule has 1 heterocycles. The third kappa shape index (κ3) is 6.00. The van der Waals surface area contributed by atoms with Gasteiger partial charge in [-0.3, -0.25) is 0 Å². The van der Waals surface area contributed by atoms with Crippen LogP contribution in [0.3, 0.4) is 0 Å². The number of nitrogens with one attached hydrogen (secondary N) is 1. The molecule has 0 spiro atoms. The molecule has 0 saturated carbocycles. The van der Waals surface area contributed by atoms with Gasteiger partial charge in [-0.15, -0.1) is 0 Å². The second-order valence-electron chi connectivity index (χ2n) is 4.33. The minimum Gasteiger partial charge on any atom is -0.479 e. The number of hydrogen-bond donors (Lipinski definition) is 2. The third-order valence-corrected chi connectivity index (χ3v) is 2.75. The highest BCUT2D eigenvalue weighted by atomic mass is 16.5. The summed E-state index contributed by atoms with van der Waals surface area (Å²) in [5.41, 5.74) is 0. The number of ether oxygens (including phenoxy) is 2. The van der Waals surface area contributed by atoms with Crippen molar-refractivity contribution in [2.24, 2.45) is 0 Å². The SMILES string of the molecule is CCCOCCCNCC1CCC(C(=O)O)O1. The summed E-state index contributed by atoms with van der Waals surface area (Å²) in [5.74, 6) is -0.847. The standard InChI is InChI=1S/C12H23NO4/c1-2-7-16-8-3-6-13-9-10-4-5-11(17-10)12(14)15/h10-11,13H,2-9H2,1H3,(H,14,15). The van der Waals surface area contributed by atoms with Gasteiger partial charge in [-0.2, -0.15) is 0 Å². The zero-order valence-electron chi connectivity index (χ0n) is 10.5. The highest BCUT2D eigenvalue weighted by Crippen LogP contribution is 2.18. The Balaban J connectivity index is 1.92. The maximum absolute atomic E-state index is 10.7. The molecule has 0 aromatic rings. The monoisotopic (exact) mass is 245 g/mol. The van der Waals surface area contributed by atoms with Gasteiger partial charge in [0.15, 0.2) is 6.10 Å². The van der Waals surface area contributed by atoms with Crippen LogP contribution in [0.2, 0.25) is 0 Å². The van der Waals surface area contributed by atoms with Crippen LogP contribution in [0.15, 0.2) is 0 Å². The summed E-state index contributed by atoms with van der Waals surface area (Å²) in [4.78, 5) is 10.7. The van der Waals surface area contributed by atoms with Gasteiger partial charge in [0.1, 0.15) is 0 Å². The van der Waals surface area contributed by atoms with Crippen molar-refractivity contribution >= 4 is 5.97 Å². The van der Waals surface area contributed by atoms with E-state index in [1.807, 2.05) is 0 Å². The van der Waals surface area contributed by atoms with Gasteiger partial charge in [0.2, 0.25) is 0 Å². The van der Waals surface area contributed by atoms with Gasteiger partial charge >= 0.3 is 5.97 Å². The second kappa shape index (κ2) is 8.44. The quantitative estimate of drug-likeness (QED) is 0.594. The Morgan fingerprint density at radius 2 is 2.29 bits per heavy atom. The van der Waals surface area contributed by atoms with E-state index in [1.165, 1.54) is 0 Å². The first kappa shape index (κ1) is 14.4. The molecule has 17 heavy (non-hydrogen) atoms. The summed E-state index contributed by atoms with van der Waals surface area (Å²) in [6.45, 7) is 5.32.